The van der Waals surface area contributed by atoms with Crippen LogP contribution in [-0.2, 0) is 9.59 Å². The van der Waals surface area contributed by atoms with Gasteiger partial charge in [-0.2, -0.15) is 5.10 Å². The molecule has 114 valence electrons. The van der Waals surface area contributed by atoms with Gasteiger partial charge in [0.15, 0.2) is 11.5 Å². The highest BCUT2D eigenvalue weighted by molar-refractivity contribution is 6.35. The molecular formula is C14H19N3O4. The van der Waals surface area contributed by atoms with E-state index in [1.807, 2.05) is 13.8 Å². The van der Waals surface area contributed by atoms with Gasteiger partial charge in [0.25, 0.3) is 0 Å². The van der Waals surface area contributed by atoms with Crippen LogP contribution in [0.4, 0.5) is 0 Å². The van der Waals surface area contributed by atoms with Crippen molar-refractivity contribution in [3.63, 3.8) is 0 Å². The van der Waals surface area contributed by atoms with E-state index in [1.165, 1.54) is 19.4 Å². The molecule has 0 radical (unpaired) electrons. The van der Waals surface area contributed by atoms with Gasteiger partial charge in [0.2, 0.25) is 0 Å². The second-order valence-electron chi connectivity index (χ2n) is 4.73. The molecule has 0 atom stereocenters. The summed E-state index contributed by atoms with van der Waals surface area (Å²) in [4.78, 5) is 22.8. The summed E-state index contributed by atoms with van der Waals surface area (Å²) in [5.41, 5.74) is 2.73. The Morgan fingerprint density at radius 2 is 2.10 bits per heavy atom. The molecule has 3 N–H and O–H groups in total. The minimum absolute atomic E-state index is 0.00625. The zero-order chi connectivity index (χ0) is 15.8. The van der Waals surface area contributed by atoms with Gasteiger partial charge < -0.3 is 15.2 Å². The molecule has 7 heteroatoms. The van der Waals surface area contributed by atoms with Crippen molar-refractivity contribution < 1.29 is 19.4 Å². The fourth-order valence-electron chi connectivity index (χ4n) is 1.37. The quantitative estimate of drug-likeness (QED) is 0.421. The van der Waals surface area contributed by atoms with Gasteiger partial charge in [-0.15, -0.1) is 0 Å². The Morgan fingerprint density at radius 3 is 2.71 bits per heavy atom. The van der Waals surface area contributed by atoms with Crippen molar-refractivity contribution in [3.05, 3.63) is 23.8 Å². The molecule has 0 aromatic heterocycles. The Morgan fingerprint density at radius 1 is 1.38 bits per heavy atom. The number of carbonyl (C=O) groups excluding carboxylic acids is 2. The largest absolute Gasteiger partial charge is 0.504 e. The number of nitrogens with zero attached hydrogens (tertiary/aromatic N) is 1. The highest BCUT2D eigenvalue weighted by atomic mass is 16.5. The van der Waals surface area contributed by atoms with E-state index in [-0.39, 0.29) is 11.7 Å². The third-order valence-electron chi connectivity index (χ3n) is 2.46. The van der Waals surface area contributed by atoms with Crippen molar-refractivity contribution >= 4 is 18.0 Å². The topological polar surface area (TPSA) is 100 Å². The van der Waals surface area contributed by atoms with Gasteiger partial charge in [0.1, 0.15) is 0 Å². The van der Waals surface area contributed by atoms with Crippen LogP contribution in [0.15, 0.2) is 23.3 Å². The van der Waals surface area contributed by atoms with Gasteiger partial charge in [0.05, 0.1) is 13.3 Å². The van der Waals surface area contributed by atoms with Crippen molar-refractivity contribution in [2.24, 2.45) is 11.0 Å². The fourth-order valence-corrected chi connectivity index (χ4v) is 1.37. The van der Waals surface area contributed by atoms with Crippen LogP contribution in [0.2, 0.25) is 0 Å². The molecule has 2 amide bonds. The number of nitrogens with one attached hydrogen (secondary N) is 2. The summed E-state index contributed by atoms with van der Waals surface area (Å²) in [5, 5.41) is 15.6. The Kier molecular flexibility index (Phi) is 6.19. The summed E-state index contributed by atoms with van der Waals surface area (Å²) in [6.07, 6.45) is 1.34. The van der Waals surface area contributed by atoms with Gasteiger partial charge in [-0.3, -0.25) is 9.59 Å². The zero-order valence-corrected chi connectivity index (χ0v) is 12.2. The summed E-state index contributed by atoms with van der Waals surface area (Å²) < 4.78 is 4.94. The van der Waals surface area contributed by atoms with Crippen LogP contribution >= 0.6 is 0 Å². The second-order valence-corrected chi connectivity index (χ2v) is 4.73. The molecule has 0 saturated heterocycles. The van der Waals surface area contributed by atoms with E-state index in [4.69, 9.17) is 4.74 Å². The molecule has 0 unspecified atom stereocenters. The van der Waals surface area contributed by atoms with E-state index in [2.05, 4.69) is 15.8 Å². The second kappa shape index (κ2) is 7.88. The smallest absolute Gasteiger partial charge is 0.329 e. The maximum absolute atomic E-state index is 11.4. The minimum atomic E-state index is -0.836. The maximum atomic E-state index is 11.4. The highest BCUT2D eigenvalue weighted by Gasteiger charge is 2.12. The number of carbonyl (C=O) groups is 2. The number of aromatic hydroxyl groups is 1. The van der Waals surface area contributed by atoms with Crippen molar-refractivity contribution in [1.82, 2.24) is 10.7 Å². The lowest BCUT2D eigenvalue weighted by Gasteiger charge is -2.06. The van der Waals surface area contributed by atoms with Crippen LogP contribution in [0.1, 0.15) is 19.4 Å². The first-order valence-electron chi connectivity index (χ1n) is 6.42. The molecule has 1 aromatic carbocycles. The number of phenolic OH excluding ortho intramolecular Hbond substituents is 1. The van der Waals surface area contributed by atoms with Crippen molar-refractivity contribution in [2.45, 2.75) is 13.8 Å². The van der Waals surface area contributed by atoms with E-state index in [0.717, 1.165) is 0 Å². The minimum Gasteiger partial charge on any atom is -0.504 e. The van der Waals surface area contributed by atoms with E-state index >= 15 is 0 Å². The number of hydrazone groups is 1. The Labute approximate surface area is 123 Å². The SMILES string of the molecule is COc1cc(/C=N/NC(=O)C(=O)NCC(C)C)ccc1O. The molecule has 0 fully saturated rings. The van der Waals surface area contributed by atoms with Crippen LogP contribution in [0.5, 0.6) is 11.5 Å². The molecule has 0 aliphatic heterocycles. The fraction of sp³-hybridized carbons (Fsp3) is 0.357. The molecule has 0 aliphatic rings. The number of methoxy groups -OCH3 is 1. The van der Waals surface area contributed by atoms with Crippen LogP contribution < -0.4 is 15.5 Å². The zero-order valence-electron chi connectivity index (χ0n) is 12.2. The predicted molar refractivity (Wildman–Crippen MR) is 78.2 cm³/mol. The van der Waals surface area contributed by atoms with Gasteiger partial charge in [-0.1, -0.05) is 13.8 Å². The first-order chi connectivity index (χ1) is 9.93. The first-order valence-corrected chi connectivity index (χ1v) is 6.42. The van der Waals surface area contributed by atoms with Crippen molar-refractivity contribution in [1.29, 1.82) is 0 Å². The summed E-state index contributed by atoms with van der Waals surface area (Å²) in [6, 6.07) is 4.58. The first kappa shape index (κ1) is 16.5. The molecule has 0 bridgehead atoms. The molecule has 0 aliphatic carbocycles. The van der Waals surface area contributed by atoms with E-state index < -0.39 is 11.8 Å². The van der Waals surface area contributed by atoms with E-state index in [0.29, 0.717) is 17.9 Å². The predicted octanol–water partition coefficient (Wildman–Crippen LogP) is 0.623. The molecule has 21 heavy (non-hydrogen) atoms. The van der Waals surface area contributed by atoms with Gasteiger partial charge >= 0.3 is 11.8 Å². The molecule has 1 aromatic rings. The standard InChI is InChI=1S/C14H19N3O4/c1-9(2)7-15-13(19)14(20)17-16-8-10-4-5-11(18)12(6-10)21-3/h4-6,8-9,18H,7H2,1-3H3,(H,15,19)(H,17,20)/b16-8+. The lowest BCUT2D eigenvalue weighted by molar-refractivity contribution is -0.139. The molecule has 0 heterocycles. The third kappa shape index (κ3) is 5.52. The normalized spacial score (nSPS) is 10.7. The monoisotopic (exact) mass is 293 g/mol. The van der Waals surface area contributed by atoms with Crippen LogP contribution in [0.3, 0.4) is 0 Å². The molecule has 7 nitrogen and oxygen atoms in total. The lowest BCUT2D eigenvalue weighted by Crippen LogP contribution is -2.39. The van der Waals surface area contributed by atoms with Crippen LogP contribution in [0, 0.1) is 5.92 Å². The number of benzene rings is 1. The Hall–Kier alpha value is -2.57. The highest BCUT2D eigenvalue weighted by Crippen LogP contribution is 2.25. The maximum Gasteiger partial charge on any atom is 0.329 e. The average Bonchev–Trinajstić information content (AvgIpc) is 2.46. The molecule has 0 spiro atoms. The average molecular weight is 293 g/mol. The summed E-state index contributed by atoms with van der Waals surface area (Å²) in [5.74, 6) is -1.01. The number of hydrogen-bond acceptors (Lipinski definition) is 5. The number of phenols is 1. The van der Waals surface area contributed by atoms with Crippen LogP contribution in [-0.4, -0.2) is 36.8 Å². The van der Waals surface area contributed by atoms with Crippen LogP contribution in [0.25, 0.3) is 0 Å². The molecule has 0 saturated carbocycles. The summed E-state index contributed by atoms with van der Waals surface area (Å²) in [7, 11) is 1.43. The molecular weight excluding hydrogens is 274 g/mol. The summed E-state index contributed by atoms with van der Waals surface area (Å²) in [6.45, 7) is 4.27. The Bertz CT molecular complexity index is 541. The van der Waals surface area contributed by atoms with E-state index in [9.17, 15) is 14.7 Å². The third-order valence-corrected chi connectivity index (χ3v) is 2.46. The van der Waals surface area contributed by atoms with Crippen molar-refractivity contribution in [2.75, 3.05) is 13.7 Å². The van der Waals surface area contributed by atoms with Gasteiger partial charge in [-0.25, -0.2) is 5.43 Å². The summed E-state index contributed by atoms with van der Waals surface area (Å²) >= 11 is 0. The van der Waals surface area contributed by atoms with Gasteiger partial charge in [-0.05, 0) is 29.7 Å². The Balaban J connectivity index is 2.54. The van der Waals surface area contributed by atoms with Gasteiger partial charge in [0, 0.05) is 6.54 Å². The number of hydrogen-bond donors (Lipinski definition) is 3. The van der Waals surface area contributed by atoms with E-state index in [1.54, 1.807) is 12.1 Å². The molecule has 1 rings (SSSR count). The number of amides is 2. The number of rotatable bonds is 5. The lowest BCUT2D eigenvalue weighted by atomic mass is 10.2. The van der Waals surface area contributed by atoms with Crippen molar-refractivity contribution in [3.8, 4) is 11.5 Å². The number of ether oxygens (including phenoxy) is 1.